The van der Waals surface area contributed by atoms with Gasteiger partial charge in [-0.25, -0.2) is 4.79 Å². The lowest BCUT2D eigenvalue weighted by molar-refractivity contribution is -0.142. The van der Waals surface area contributed by atoms with E-state index < -0.39 is 5.97 Å². The van der Waals surface area contributed by atoms with E-state index >= 15 is 0 Å². The molecule has 1 aromatic rings. The topological polar surface area (TPSA) is 87.7 Å². The van der Waals surface area contributed by atoms with Crippen LogP contribution in [-0.4, -0.2) is 30.3 Å². The van der Waals surface area contributed by atoms with Crippen molar-refractivity contribution in [2.75, 3.05) is 12.4 Å². The molecule has 0 aliphatic heterocycles. The summed E-state index contributed by atoms with van der Waals surface area (Å²) in [5.74, 6) is -0.443. The number of aryl methyl sites for hydroxylation is 1. The van der Waals surface area contributed by atoms with Crippen LogP contribution in [0.4, 0.5) is 10.5 Å². The molecule has 2 rings (SSSR count). The predicted octanol–water partition coefficient (Wildman–Crippen LogP) is 3.53. The van der Waals surface area contributed by atoms with E-state index in [1.54, 1.807) is 13.2 Å². The van der Waals surface area contributed by atoms with E-state index in [9.17, 15) is 9.59 Å². The van der Waals surface area contributed by atoms with Gasteiger partial charge in [-0.3, -0.25) is 4.79 Å². The number of anilines is 1. The fraction of sp³-hybridized carbons (Fsp3) is 0.500. The molecule has 0 spiro atoms. The minimum atomic E-state index is -0.748. The Hall–Kier alpha value is -1.76. The number of methoxy groups -OCH3 is 1. The minimum absolute atomic E-state index is 0.00508. The highest BCUT2D eigenvalue weighted by molar-refractivity contribution is 9.10. The molecule has 0 saturated heterocycles. The van der Waals surface area contributed by atoms with Crippen molar-refractivity contribution in [1.82, 2.24) is 5.32 Å². The number of aliphatic carboxylic acids is 1. The van der Waals surface area contributed by atoms with Gasteiger partial charge in [-0.2, -0.15) is 0 Å². The Kier molecular flexibility index (Phi) is 5.87. The van der Waals surface area contributed by atoms with Crippen molar-refractivity contribution < 1.29 is 19.4 Å². The lowest BCUT2D eigenvalue weighted by atomic mass is 9.86. The van der Waals surface area contributed by atoms with E-state index in [0.29, 0.717) is 37.1 Å². The van der Waals surface area contributed by atoms with Gasteiger partial charge in [0, 0.05) is 10.5 Å². The van der Waals surface area contributed by atoms with Gasteiger partial charge < -0.3 is 20.5 Å². The zero-order valence-corrected chi connectivity index (χ0v) is 14.8. The molecule has 1 fully saturated rings. The Bertz CT molecular complexity index is 598. The van der Waals surface area contributed by atoms with Crippen LogP contribution >= 0.6 is 15.9 Å². The highest BCUT2D eigenvalue weighted by atomic mass is 79.9. The Morgan fingerprint density at radius 2 is 1.91 bits per heavy atom. The van der Waals surface area contributed by atoms with Crippen LogP contribution in [0.15, 0.2) is 16.6 Å². The molecule has 0 radical (unpaired) electrons. The Balaban J connectivity index is 1.93. The number of carboxylic acid groups (broad SMARTS) is 1. The van der Waals surface area contributed by atoms with Gasteiger partial charge in [0.25, 0.3) is 0 Å². The van der Waals surface area contributed by atoms with Gasteiger partial charge in [-0.1, -0.05) is 15.9 Å². The smallest absolute Gasteiger partial charge is 0.319 e. The third-order valence-electron chi connectivity index (χ3n) is 4.14. The van der Waals surface area contributed by atoms with Crippen molar-refractivity contribution in [2.45, 2.75) is 38.6 Å². The average molecular weight is 385 g/mol. The van der Waals surface area contributed by atoms with Crippen LogP contribution in [0, 0.1) is 12.8 Å². The molecule has 1 aliphatic rings. The summed E-state index contributed by atoms with van der Waals surface area (Å²) in [4.78, 5) is 23.1. The number of benzene rings is 1. The molecule has 0 bridgehead atoms. The van der Waals surface area contributed by atoms with Crippen LogP contribution in [0.25, 0.3) is 0 Å². The summed E-state index contributed by atoms with van der Waals surface area (Å²) in [6, 6.07) is 3.34. The van der Waals surface area contributed by atoms with E-state index in [2.05, 4.69) is 26.6 Å². The maximum atomic E-state index is 12.2. The number of amides is 2. The summed E-state index contributed by atoms with van der Waals surface area (Å²) in [7, 11) is 1.55. The normalized spacial score (nSPS) is 20.7. The summed E-state index contributed by atoms with van der Waals surface area (Å²) >= 11 is 3.44. The molecule has 1 aliphatic carbocycles. The average Bonchev–Trinajstić information content (AvgIpc) is 2.51. The lowest BCUT2D eigenvalue weighted by Gasteiger charge is -2.27. The maximum Gasteiger partial charge on any atom is 0.319 e. The minimum Gasteiger partial charge on any atom is -0.495 e. The number of hydrogen-bond acceptors (Lipinski definition) is 3. The first-order chi connectivity index (χ1) is 10.9. The molecule has 7 heteroatoms. The molecule has 0 unspecified atom stereocenters. The molecule has 6 nitrogen and oxygen atoms in total. The summed E-state index contributed by atoms with van der Waals surface area (Å²) in [5.41, 5.74) is 1.60. The van der Waals surface area contributed by atoms with Crippen LogP contribution in [0.3, 0.4) is 0 Å². The summed E-state index contributed by atoms with van der Waals surface area (Å²) in [6.07, 6.45) is 2.55. The second kappa shape index (κ2) is 7.68. The SMILES string of the molecule is COc1cc(C)c(Br)cc1NC(=O)NC1CCC(C(=O)O)CC1. The second-order valence-corrected chi connectivity index (χ2v) is 6.64. The van der Waals surface area contributed by atoms with Gasteiger partial charge in [-0.15, -0.1) is 0 Å². The van der Waals surface area contributed by atoms with Gasteiger partial charge in [0.05, 0.1) is 18.7 Å². The molecule has 126 valence electrons. The van der Waals surface area contributed by atoms with Crippen LogP contribution in [0.5, 0.6) is 5.75 Å². The molecule has 0 atom stereocenters. The van der Waals surface area contributed by atoms with E-state index in [1.165, 1.54) is 0 Å². The van der Waals surface area contributed by atoms with Crippen LogP contribution in [0.2, 0.25) is 0 Å². The quantitative estimate of drug-likeness (QED) is 0.740. The maximum absolute atomic E-state index is 12.2. The first-order valence-corrected chi connectivity index (χ1v) is 8.34. The number of carbonyl (C=O) groups excluding carboxylic acids is 1. The van der Waals surface area contributed by atoms with Gasteiger partial charge in [-0.05, 0) is 50.3 Å². The molecule has 1 aromatic carbocycles. The third kappa shape index (κ3) is 4.60. The first-order valence-electron chi connectivity index (χ1n) is 7.55. The van der Waals surface area contributed by atoms with Gasteiger partial charge in [0.1, 0.15) is 5.75 Å². The van der Waals surface area contributed by atoms with Crippen LogP contribution < -0.4 is 15.4 Å². The molecule has 2 amide bonds. The van der Waals surface area contributed by atoms with E-state index in [1.807, 2.05) is 13.0 Å². The molecule has 23 heavy (non-hydrogen) atoms. The van der Waals surface area contributed by atoms with Crippen molar-refractivity contribution in [2.24, 2.45) is 5.92 Å². The van der Waals surface area contributed by atoms with E-state index in [4.69, 9.17) is 9.84 Å². The fourth-order valence-electron chi connectivity index (χ4n) is 2.75. The zero-order chi connectivity index (χ0) is 17.0. The highest BCUT2D eigenvalue weighted by Crippen LogP contribution is 2.31. The van der Waals surface area contributed by atoms with Crippen LogP contribution in [0.1, 0.15) is 31.2 Å². The number of carbonyl (C=O) groups is 2. The third-order valence-corrected chi connectivity index (χ3v) is 4.99. The number of nitrogens with one attached hydrogen (secondary N) is 2. The van der Waals surface area contributed by atoms with Crippen molar-refractivity contribution in [3.63, 3.8) is 0 Å². The number of hydrogen-bond donors (Lipinski definition) is 3. The van der Waals surface area contributed by atoms with Crippen molar-refractivity contribution in [1.29, 1.82) is 0 Å². The summed E-state index contributed by atoms with van der Waals surface area (Å²) < 4.78 is 6.17. The van der Waals surface area contributed by atoms with E-state index in [-0.39, 0.29) is 18.0 Å². The number of ether oxygens (including phenoxy) is 1. The van der Waals surface area contributed by atoms with Crippen LogP contribution in [-0.2, 0) is 4.79 Å². The van der Waals surface area contributed by atoms with E-state index in [0.717, 1.165) is 10.0 Å². The number of halogens is 1. The monoisotopic (exact) mass is 384 g/mol. The fourth-order valence-corrected chi connectivity index (χ4v) is 3.09. The molecular weight excluding hydrogens is 364 g/mol. The van der Waals surface area contributed by atoms with Gasteiger partial charge >= 0.3 is 12.0 Å². The highest BCUT2D eigenvalue weighted by Gasteiger charge is 2.26. The molecular formula is C16H21BrN2O4. The Labute approximate surface area is 143 Å². The van der Waals surface area contributed by atoms with Gasteiger partial charge in [0.15, 0.2) is 0 Å². The standard InChI is InChI=1S/C16H21BrN2O4/c1-9-7-14(23-2)13(8-12(9)17)19-16(22)18-11-5-3-10(4-6-11)15(20)21/h7-8,10-11H,3-6H2,1-2H3,(H,20,21)(H2,18,19,22). The van der Waals surface area contributed by atoms with Gasteiger partial charge in [0.2, 0.25) is 0 Å². The number of carboxylic acids is 1. The summed E-state index contributed by atoms with van der Waals surface area (Å²) in [5, 5.41) is 14.7. The van der Waals surface area contributed by atoms with Crippen molar-refractivity contribution >= 4 is 33.6 Å². The Morgan fingerprint density at radius 1 is 1.26 bits per heavy atom. The molecule has 3 N–H and O–H groups in total. The van der Waals surface area contributed by atoms with Crippen molar-refractivity contribution in [3.8, 4) is 5.75 Å². The zero-order valence-electron chi connectivity index (χ0n) is 13.2. The van der Waals surface area contributed by atoms with Crippen molar-refractivity contribution in [3.05, 3.63) is 22.2 Å². The Morgan fingerprint density at radius 3 is 2.48 bits per heavy atom. The summed E-state index contributed by atoms with van der Waals surface area (Å²) in [6.45, 7) is 1.94. The molecule has 0 heterocycles. The predicted molar refractivity (Wildman–Crippen MR) is 91.0 cm³/mol. The lowest BCUT2D eigenvalue weighted by Crippen LogP contribution is -2.41. The first kappa shape index (κ1) is 17.6. The number of urea groups is 1. The largest absolute Gasteiger partial charge is 0.495 e. The number of rotatable bonds is 4. The second-order valence-electron chi connectivity index (χ2n) is 5.79. The molecule has 1 saturated carbocycles. The molecule has 0 aromatic heterocycles.